The Morgan fingerprint density at radius 2 is 1.92 bits per heavy atom. The first-order chi connectivity index (χ1) is 12.2. The van der Waals surface area contributed by atoms with E-state index in [1.807, 2.05) is 13.8 Å². The van der Waals surface area contributed by atoms with Crippen molar-refractivity contribution in [1.82, 2.24) is 5.32 Å². The van der Waals surface area contributed by atoms with Crippen LogP contribution in [0.15, 0.2) is 36.4 Å². The number of fused-ring (bicyclic) bond motifs is 1. The summed E-state index contributed by atoms with van der Waals surface area (Å²) < 4.78 is 19.5. The summed E-state index contributed by atoms with van der Waals surface area (Å²) in [5.41, 5.74) is 1.86. The maximum atomic E-state index is 13.6. The van der Waals surface area contributed by atoms with Gasteiger partial charge >= 0.3 is 0 Å². The zero-order valence-corrected chi connectivity index (χ0v) is 15.4. The van der Waals surface area contributed by atoms with Crippen molar-refractivity contribution in [3.8, 4) is 5.75 Å². The van der Waals surface area contributed by atoms with E-state index in [2.05, 4.69) is 5.32 Å². The molecule has 0 aromatic heterocycles. The average Bonchev–Trinajstić information content (AvgIpc) is 2.55. The molecule has 26 heavy (non-hydrogen) atoms. The third-order valence-corrected chi connectivity index (χ3v) is 4.62. The third-order valence-electron chi connectivity index (χ3n) is 4.62. The lowest BCUT2D eigenvalue weighted by atomic mass is 9.88. The van der Waals surface area contributed by atoms with Gasteiger partial charge in [-0.3, -0.25) is 9.59 Å². The van der Waals surface area contributed by atoms with Crippen LogP contribution in [-0.4, -0.2) is 17.3 Å². The van der Waals surface area contributed by atoms with Crippen molar-refractivity contribution in [3.05, 3.63) is 64.5 Å². The number of Topliss-reactive ketones (excluding diaryl/α,β-unsaturated/α-hetero) is 1. The maximum absolute atomic E-state index is 13.6. The lowest BCUT2D eigenvalue weighted by Crippen LogP contribution is -2.41. The number of hydrogen-bond donors (Lipinski definition) is 1. The smallest absolute Gasteiger partial charge is 0.252 e. The summed E-state index contributed by atoms with van der Waals surface area (Å²) in [5.74, 6) is -0.201. The van der Waals surface area contributed by atoms with Gasteiger partial charge in [0.2, 0.25) is 0 Å². The molecule has 0 saturated carbocycles. The quantitative estimate of drug-likeness (QED) is 0.832. The molecule has 1 aliphatic heterocycles. The minimum Gasteiger partial charge on any atom is -0.487 e. The minimum absolute atomic E-state index is 0.0521. The molecule has 1 amide bonds. The summed E-state index contributed by atoms with van der Waals surface area (Å²) in [6.45, 7) is 7.16. The maximum Gasteiger partial charge on any atom is 0.252 e. The third kappa shape index (κ3) is 3.62. The molecular weight excluding hydrogens is 333 g/mol. The number of carbonyl (C=O) groups is 2. The van der Waals surface area contributed by atoms with Gasteiger partial charge in [0.25, 0.3) is 5.91 Å². The summed E-state index contributed by atoms with van der Waals surface area (Å²) in [5, 5.41) is 2.98. The number of halogens is 1. The molecule has 0 unspecified atom stereocenters. The van der Waals surface area contributed by atoms with Crippen LogP contribution in [0.1, 0.15) is 65.1 Å². The largest absolute Gasteiger partial charge is 0.487 e. The zero-order chi connectivity index (χ0) is 19.1. The number of nitrogens with one attached hydrogen (secondary N) is 1. The van der Waals surface area contributed by atoms with Crippen LogP contribution in [0.25, 0.3) is 0 Å². The number of ether oxygens (including phenoxy) is 1. The van der Waals surface area contributed by atoms with Crippen LogP contribution < -0.4 is 10.1 Å². The number of carbonyl (C=O) groups excluding carboxylic acids is 2. The number of amides is 1. The first-order valence-electron chi connectivity index (χ1n) is 8.57. The van der Waals surface area contributed by atoms with Gasteiger partial charge in [-0.25, -0.2) is 4.39 Å². The van der Waals surface area contributed by atoms with Crippen LogP contribution in [0.3, 0.4) is 0 Å². The molecule has 0 radical (unpaired) electrons. The predicted octanol–water partition coefficient (Wildman–Crippen LogP) is 4.37. The molecule has 1 atom stereocenters. The number of rotatable bonds is 3. The molecule has 1 N–H and O–H groups in total. The molecule has 0 aliphatic carbocycles. The first kappa shape index (κ1) is 18.1. The summed E-state index contributed by atoms with van der Waals surface area (Å²) in [6.07, 6.45) is 0.543. The van der Waals surface area contributed by atoms with E-state index in [-0.39, 0.29) is 17.7 Å². The van der Waals surface area contributed by atoms with E-state index >= 15 is 0 Å². The van der Waals surface area contributed by atoms with E-state index in [0.29, 0.717) is 28.9 Å². The Morgan fingerprint density at radius 3 is 2.62 bits per heavy atom. The average molecular weight is 355 g/mol. The molecule has 0 spiro atoms. The molecule has 2 aromatic carbocycles. The summed E-state index contributed by atoms with van der Waals surface area (Å²) in [4.78, 5) is 24.5. The Hall–Kier alpha value is -2.69. The van der Waals surface area contributed by atoms with Gasteiger partial charge in [-0.2, -0.15) is 0 Å². The van der Waals surface area contributed by atoms with E-state index in [1.165, 1.54) is 19.1 Å². The highest BCUT2D eigenvalue weighted by Crippen LogP contribution is 2.40. The van der Waals surface area contributed by atoms with Crippen molar-refractivity contribution >= 4 is 11.7 Å². The Balaban J connectivity index is 1.97. The number of benzene rings is 2. The number of hydrogen-bond acceptors (Lipinski definition) is 3. The lowest BCUT2D eigenvalue weighted by Gasteiger charge is -2.38. The highest BCUT2D eigenvalue weighted by molar-refractivity contribution is 5.96. The van der Waals surface area contributed by atoms with E-state index in [0.717, 1.165) is 5.56 Å². The summed E-state index contributed by atoms with van der Waals surface area (Å²) in [7, 11) is 0. The highest BCUT2D eigenvalue weighted by Gasteiger charge is 2.35. The van der Waals surface area contributed by atoms with Gasteiger partial charge < -0.3 is 10.1 Å². The van der Waals surface area contributed by atoms with Crippen molar-refractivity contribution < 1.29 is 18.7 Å². The summed E-state index contributed by atoms with van der Waals surface area (Å²) in [6, 6.07) is 9.07. The zero-order valence-electron chi connectivity index (χ0n) is 15.4. The van der Waals surface area contributed by atoms with Gasteiger partial charge in [-0.1, -0.05) is 6.07 Å². The SMILES string of the molecule is CC(=O)c1ccc2c(c1)[C@@H](NC(=O)c1cc(F)ccc1C)CC(C)(C)O2. The molecule has 136 valence electrons. The molecule has 4 nitrogen and oxygen atoms in total. The molecular formula is C21H22FNO3. The van der Waals surface area contributed by atoms with Gasteiger partial charge in [0.15, 0.2) is 5.78 Å². The second kappa shape index (κ2) is 6.56. The Morgan fingerprint density at radius 1 is 1.19 bits per heavy atom. The standard InChI is InChI=1S/C21H22FNO3/c1-12-5-7-15(22)10-16(12)20(25)23-18-11-21(3,4)26-19-8-6-14(13(2)24)9-17(18)19/h5-10,18H,11H2,1-4H3,(H,23,25)/t18-/m0/s1. The van der Waals surface area contributed by atoms with Crippen LogP contribution in [0.5, 0.6) is 5.75 Å². The molecule has 2 aromatic rings. The Kier molecular flexibility index (Phi) is 4.57. The van der Waals surface area contributed by atoms with Crippen molar-refractivity contribution in [2.24, 2.45) is 0 Å². The predicted molar refractivity (Wildman–Crippen MR) is 97.1 cm³/mol. The molecule has 5 heteroatoms. The number of ketones is 1. The van der Waals surface area contributed by atoms with Crippen molar-refractivity contribution in [2.75, 3.05) is 0 Å². The van der Waals surface area contributed by atoms with Crippen LogP contribution in [0, 0.1) is 12.7 Å². The van der Waals surface area contributed by atoms with E-state index in [4.69, 9.17) is 4.74 Å². The Bertz CT molecular complexity index is 889. The van der Waals surface area contributed by atoms with Crippen LogP contribution in [0.2, 0.25) is 0 Å². The number of aryl methyl sites for hydroxylation is 1. The summed E-state index contributed by atoms with van der Waals surface area (Å²) >= 11 is 0. The Labute approximate surface area is 152 Å². The van der Waals surface area contributed by atoms with Gasteiger partial charge in [-0.05, 0) is 63.6 Å². The van der Waals surface area contributed by atoms with Crippen LogP contribution in [-0.2, 0) is 0 Å². The normalized spacial score (nSPS) is 17.8. The molecule has 1 aliphatic rings. The van der Waals surface area contributed by atoms with Gasteiger partial charge in [0.1, 0.15) is 17.2 Å². The molecule has 0 saturated heterocycles. The van der Waals surface area contributed by atoms with Gasteiger partial charge in [0, 0.05) is 23.1 Å². The van der Waals surface area contributed by atoms with E-state index in [9.17, 15) is 14.0 Å². The van der Waals surface area contributed by atoms with Gasteiger partial charge in [0.05, 0.1) is 6.04 Å². The second-order valence-electron chi connectivity index (χ2n) is 7.36. The fourth-order valence-corrected chi connectivity index (χ4v) is 3.28. The fraction of sp³-hybridized carbons (Fsp3) is 0.333. The minimum atomic E-state index is -0.473. The van der Waals surface area contributed by atoms with Gasteiger partial charge in [-0.15, -0.1) is 0 Å². The second-order valence-corrected chi connectivity index (χ2v) is 7.36. The monoisotopic (exact) mass is 355 g/mol. The topological polar surface area (TPSA) is 55.4 Å². The molecule has 0 bridgehead atoms. The van der Waals surface area contributed by atoms with Crippen molar-refractivity contribution in [3.63, 3.8) is 0 Å². The fourth-order valence-electron chi connectivity index (χ4n) is 3.28. The molecule has 0 fully saturated rings. The molecule has 3 rings (SSSR count). The van der Waals surface area contributed by atoms with Crippen molar-refractivity contribution in [1.29, 1.82) is 0 Å². The van der Waals surface area contributed by atoms with E-state index in [1.54, 1.807) is 31.2 Å². The van der Waals surface area contributed by atoms with Crippen molar-refractivity contribution in [2.45, 2.75) is 45.8 Å². The first-order valence-corrected chi connectivity index (χ1v) is 8.57. The van der Waals surface area contributed by atoms with Crippen LogP contribution >= 0.6 is 0 Å². The van der Waals surface area contributed by atoms with Crippen LogP contribution in [0.4, 0.5) is 4.39 Å². The highest BCUT2D eigenvalue weighted by atomic mass is 19.1. The molecule has 1 heterocycles. The lowest BCUT2D eigenvalue weighted by molar-refractivity contribution is 0.0619. The van der Waals surface area contributed by atoms with E-state index < -0.39 is 11.4 Å².